The Hall–Kier alpha value is -2.48. The fraction of sp³-hybridized carbons (Fsp3) is 0.286. The van der Waals surface area contributed by atoms with Crippen LogP contribution in [0.3, 0.4) is 0 Å². The van der Waals surface area contributed by atoms with E-state index in [-0.39, 0.29) is 18.2 Å². The molecule has 0 saturated heterocycles. The molecule has 8 heteroatoms. The number of rotatable bonds is 5. The van der Waals surface area contributed by atoms with Crippen LogP contribution in [-0.2, 0) is 13.0 Å². The first kappa shape index (κ1) is 14.5. The lowest BCUT2D eigenvalue weighted by Crippen LogP contribution is -2.23. The van der Waals surface area contributed by atoms with E-state index < -0.39 is 0 Å². The number of nitrogens with one attached hydrogen (secondary N) is 1. The first-order chi connectivity index (χ1) is 10.7. The molecule has 0 bridgehead atoms. The highest BCUT2D eigenvalue weighted by Crippen LogP contribution is 2.22. The Morgan fingerprint density at radius 1 is 1.41 bits per heavy atom. The van der Waals surface area contributed by atoms with Crippen LogP contribution in [0.15, 0.2) is 26.5 Å². The van der Waals surface area contributed by atoms with E-state index in [1.54, 1.807) is 6.92 Å². The van der Waals surface area contributed by atoms with E-state index in [9.17, 15) is 4.79 Å². The number of hydrogen-bond donors (Lipinski definition) is 1. The van der Waals surface area contributed by atoms with Crippen molar-refractivity contribution in [3.8, 4) is 10.8 Å². The first-order valence-electron chi connectivity index (χ1n) is 6.78. The second kappa shape index (κ2) is 6.10. The van der Waals surface area contributed by atoms with Crippen LogP contribution in [-0.4, -0.2) is 21.0 Å². The monoisotopic (exact) mass is 318 g/mol. The molecule has 1 N–H and O–H groups in total. The molecule has 3 heterocycles. The van der Waals surface area contributed by atoms with Crippen molar-refractivity contribution in [3.05, 3.63) is 40.7 Å². The Balaban J connectivity index is 1.65. The Bertz CT molecular complexity index is 776. The Morgan fingerprint density at radius 2 is 2.27 bits per heavy atom. The van der Waals surface area contributed by atoms with Crippen molar-refractivity contribution >= 4 is 17.2 Å². The zero-order chi connectivity index (χ0) is 15.5. The summed E-state index contributed by atoms with van der Waals surface area (Å²) < 4.78 is 10.5. The molecule has 0 aromatic carbocycles. The van der Waals surface area contributed by atoms with Gasteiger partial charge in [0, 0.05) is 6.42 Å². The highest BCUT2D eigenvalue weighted by molar-refractivity contribution is 7.13. The average molecular weight is 318 g/mol. The maximum atomic E-state index is 12.1. The van der Waals surface area contributed by atoms with Gasteiger partial charge in [0.05, 0.1) is 17.1 Å². The summed E-state index contributed by atoms with van der Waals surface area (Å²) in [7, 11) is 0. The second-order valence-electron chi connectivity index (χ2n) is 4.55. The maximum Gasteiger partial charge on any atom is 0.289 e. The molecule has 1 amide bonds. The minimum absolute atomic E-state index is 0.162. The Morgan fingerprint density at radius 3 is 2.95 bits per heavy atom. The van der Waals surface area contributed by atoms with Crippen molar-refractivity contribution in [2.45, 2.75) is 26.8 Å². The third kappa shape index (κ3) is 2.91. The van der Waals surface area contributed by atoms with Gasteiger partial charge >= 0.3 is 0 Å². The number of hydrogen-bond acceptors (Lipinski definition) is 7. The van der Waals surface area contributed by atoms with E-state index in [1.807, 2.05) is 24.4 Å². The summed E-state index contributed by atoms with van der Waals surface area (Å²) in [6, 6.07) is 3.80. The van der Waals surface area contributed by atoms with Gasteiger partial charge in [0.1, 0.15) is 0 Å². The van der Waals surface area contributed by atoms with Crippen LogP contribution >= 0.6 is 11.3 Å². The van der Waals surface area contributed by atoms with Crippen molar-refractivity contribution in [2.24, 2.45) is 0 Å². The molecule has 114 valence electrons. The maximum absolute atomic E-state index is 12.1. The van der Waals surface area contributed by atoms with Gasteiger partial charge in [-0.15, -0.1) is 11.3 Å². The third-order valence-electron chi connectivity index (χ3n) is 2.96. The highest BCUT2D eigenvalue weighted by atomic mass is 32.1. The molecule has 0 aliphatic rings. The van der Waals surface area contributed by atoms with Gasteiger partial charge in [0.2, 0.25) is 5.76 Å². The zero-order valence-electron chi connectivity index (χ0n) is 12.1. The highest BCUT2D eigenvalue weighted by Gasteiger charge is 2.17. The Kier molecular flexibility index (Phi) is 4.01. The first-order valence-corrected chi connectivity index (χ1v) is 7.66. The predicted octanol–water partition coefficient (Wildman–Crippen LogP) is 2.59. The quantitative estimate of drug-likeness (QED) is 0.777. The molecule has 0 aliphatic heterocycles. The number of carbonyl (C=O) groups is 1. The van der Waals surface area contributed by atoms with E-state index in [2.05, 4.69) is 20.4 Å². The minimum Gasteiger partial charge on any atom is -0.435 e. The standard InChI is InChI=1S/C14H14N4O3S/c1-3-11-16-8(2)12(20-11)13(19)15-7-10-17-14(21-18-10)9-5-4-6-22-9/h4-6H,3,7H2,1-2H3,(H,15,19). The molecule has 7 nitrogen and oxygen atoms in total. The lowest BCUT2D eigenvalue weighted by atomic mass is 10.3. The normalized spacial score (nSPS) is 10.8. The lowest BCUT2D eigenvalue weighted by Gasteiger charge is -1.99. The fourth-order valence-electron chi connectivity index (χ4n) is 1.88. The number of nitrogens with zero attached hydrogens (tertiary/aromatic N) is 3. The van der Waals surface area contributed by atoms with Crippen molar-refractivity contribution in [3.63, 3.8) is 0 Å². The average Bonchev–Trinajstić information content (AvgIpc) is 3.24. The van der Waals surface area contributed by atoms with Gasteiger partial charge in [-0.25, -0.2) is 4.98 Å². The molecular formula is C14H14N4O3S. The largest absolute Gasteiger partial charge is 0.435 e. The van der Waals surface area contributed by atoms with Crippen LogP contribution in [0.1, 0.15) is 34.9 Å². The van der Waals surface area contributed by atoms with Crippen LogP contribution in [0.25, 0.3) is 10.8 Å². The number of carbonyl (C=O) groups excluding carboxylic acids is 1. The molecule has 3 rings (SSSR count). The smallest absolute Gasteiger partial charge is 0.289 e. The van der Waals surface area contributed by atoms with Gasteiger partial charge in [-0.3, -0.25) is 4.79 Å². The summed E-state index contributed by atoms with van der Waals surface area (Å²) in [5, 5.41) is 8.47. The predicted molar refractivity (Wildman–Crippen MR) is 79.4 cm³/mol. The van der Waals surface area contributed by atoms with E-state index in [0.29, 0.717) is 29.7 Å². The SMILES string of the molecule is CCc1nc(C)c(C(=O)NCc2noc(-c3cccs3)n2)o1. The molecule has 3 aromatic rings. The molecule has 0 unspecified atom stereocenters. The van der Waals surface area contributed by atoms with Crippen LogP contribution < -0.4 is 5.32 Å². The number of oxazole rings is 1. The fourth-order valence-corrected chi connectivity index (χ4v) is 2.52. The molecule has 0 fully saturated rings. The van der Waals surface area contributed by atoms with E-state index in [1.165, 1.54) is 11.3 Å². The van der Waals surface area contributed by atoms with Gasteiger partial charge < -0.3 is 14.3 Å². The lowest BCUT2D eigenvalue weighted by molar-refractivity contribution is 0.0919. The van der Waals surface area contributed by atoms with E-state index in [4.69, 9.17) is 8.94 Å². The topological polar surface area (TPSA) is 94.1 Å². The summed E-state index contributed by atoms with van der Waals surface area (Å²) in [6.45, 7) is 3.81. The number of aromatic nitrogens is 3. The molecule has 22 heavy (non-hydrogen) atoms. The summed E-state index contributed by atoms with van der Waals surface area (Å²) in [6.07, 6.45) is 0.642. The second-order valence-corrected chi connectivity index (χ2v) is 5.50. The van der Waals surface area contributed by atoms with E-state index >= 15 is 0 Å². The third-order valence-corrected chi connectivity index (χ3v) is 3.81. The van der Waals surface area contributed by atoms with E-state index in [0.717, 1.165) is 4.88 Å². The molecule has 0 radical (unpaired) electrons. The van der Waals surface area contributed by atoms with Crippen molar-refractivity contribution in [1.82, 2.24) is 20.4 Å². The number of aryl methyl sites for hydroxylation is 2. The van der Waals surface area contributed by atoms with Crippen LogP contribution in [0.4, 0.5) is 0 Å². The Labute approximate surface area is 130 Å². The minimum atomic E-state index is -0.341. The van der Waals surface area contributed by atoms with Gasteiger partial charge in [-0.05, 0) is 18.4 Å². The molecule has 0 saturated carbocycles. The van der Waals surface area contributed by atoms with Gasteiger partial charge in [0.15, 0.2) is 11.7 Å². The van der Waals surface area contributed by atoms with Crippen molar-refractivity contribution in [1.29, 1.82) is 0 Å². The molecule has 0 atom stereocenters. The van der Waals surface area contributed by atoms with Crippen molar-refractivity contribution in [2.75, 3.05) is 0 Å². The number of thiophene rings is 1. The summed E-state index contributed by atoms with van der Waals surface area (Å²) >= 11 is 1.51. The summed E-state index contributed by atoms with van der Waals surface area (Å²) in [5.74, 6) is 1.28. The van der Waals surface area contributed by atoms with Gasteiger partial charge in [-0.2, -0.15) is 4.98 Å². The molecule has 0 spiro atoms. The number of amides is 1. The molecule has 3 aromatic heterocycles. The summed E-state index contributed by atoms with van der Waals surface area (Å²) in [4.78, 5) is 21.4. The summed E-state index contributed by atoms with van der Waals surface area (Å²) in [5.41, 5.74) is 0.571. The van der Waals surface area contributed by atoms with Crippen LogP contribution in [0, 0.1) is 6.92 Å². The molecule has 0 aliphatic carbocycles. The molecular weight excluding hydrogens is 304 g/mol. The van der Waals surface area contributed by atoms with Gasteiger partial charge in [0.25, 0.3) is 11.8 Å². The van der Waals surface area contributed by atoms with Crippen LogP contribution in [0.5, 0.6) is 0 Å². The van der Waals surface area contributed by atoms with Gasteiger partial charge in [-0.1, -0.05) is 18.1 Å². The van der Waals surface area contributed by atoms with Crippen LogP contribution in [0.2, 0.25) is 0 Å². The van der Waals surface area contributed by atoms with Crippen molar-refractivity contribution < 1.29 is 13.7 Å². The zero-order valence-corrected chi connectivity index (χ0v) is 12.9.